The van der Waals surface area contributed by atoms with Crippen molar-refractivity contribution >= 4 is 23.7 Å². The van der Waals surface area contributed by atoms with Crippen molar-refractivity contribution in [2.24, 2.45) is 40.6 Å². The van der Waals surface area contributed by atoms with Crippen LogP contribution in [-0.2, 0) is 9.59 Å². The third-order valence-electron chi connectivity index (χ3n) is 6.48. The average Bonchev–Trinajstić information content (AvgIpc) is 3.46. The van der Waals surface area contributed by atoms with Crippen LogP contribution in [-0.4, -0.2) is 40.2 Å². The molecule has 2 amide bonds. The second-order valence-electron chi connectivity index (χ2n) is 7.73. The van der Waals surface area contributed by atoms with Crippen molar-refractivity contribution in [1.29, 1.82) is 0 Å². The molecule has 1 saturated heterocycles. The van der Waals surface area contributed by atoms with E-state index in [-0.39, 0.29) is 46.8 Å². The van der Waals surface area contributed by atoms with Gasteiger partial charge in [-0.05, 0) is 36.2 Å². The summed E-state index contributed by atoms with van der Waals surface area (Å²) in [5.74, 6) is -0.737. The molecule has 6 rings (SSSR count). The third-order valence-corrected chi connectivity index (χ3v) is 6.48. The van der Waals surface area contributed by atoms with E-state index in [4.69, 9.17) is 4.74 Å². The molecule has 28 heavy (non-hydrogen) atoms. The molecule has 144 valence electrons. The number of aromatic hydroxyl groups is 1. The van der Waals surface area contributed by atoms with Gasteiger partial charge in [0.15, 0.2) is 0 Å². The van der Waals surface area contributed by atoms with E-state index in [9.17, 15) is 24.8 Å². The standard InChI is InChI=1S/C19H17N3O6/c1-28-9-4-8(17(23)14(5-9)22(26)27)7-20-21-18(24)15-10-2-3-11(13-6-12(10)13)16(15)19(21)25/h2-5,7,10-13,15-16,23H,6H2,1H3/b20-7-/t10-,11-,12-,13-,15-,16+/m0/s1. The molecule has 1 aromatic carbocycles. The van der Waals surface area contributed by atoms with Gasteiger partial charge in [0.05, 0.1) is 36.1 Å². The van der Waals surface area contributed by atoms with E-state index in [0.717, 1.165) is 23.7 Å². The molecule has 0 aromatic heterocycles. The van der Waals surface area contributed by atoms with Crippen LogP contribution in [0.2, 0.25) is 0 Å². The molecule has 0 unspecified atom stereocenters. The van der Waals surface area contributed by atoms with Crippen molar-refractivity contribution < 1.29 is 24.4 Å². The highest BCUT2D eigenvalue weighted by molar-refractivity contribution is 6.06. The minimum absolute atomic E-state index is 0.00883. The molecular formula is C19H17N3O6. The summed E-state index contributed by atoms with van der Waals surface area (Å²) in [6.07, 6.45) is 6.29. The molecule has 1 N–H and O–H groups in total. The van der Waals surface area contributed by atoms with E-state index >= 15 is 0 Å². The van der Waals surface area contributed by atoms with Crippen molar-refractivity contribution in [2.75, 3.05) is 7.11 Å². The SMILES string of the molecule is COc1cc(/C=N\N2C(=O)[C@@H]3[C@H]4C=C[C@@H]([C@@H]5C[C@@H]45)[C@@H]3C2=O)c(O)c([N+](=O)[O-])c1. The monoisotopic (exact) mass is 383 g/mol. The van der Waals surface area contributed by atoms with Crippen LogP contribution in [0.1, 0.15) is 12.0 Å². The fraction of sp³-hybridized carbons (Fsp3) is 0.421. The molecule has 2 saturated carbocycles. The van der Waals surface area contributed by atoms with Crippen LogP contribution in [0, 0.1) is 45.6 Å². The molecule has 9 heteroatoms. The number of nitro groups is 1. The number of rotatable bonds is 4. The number of carbonyl (C=O) groups excluding carboxylic acids is 2. The molecule has 0 radical (unpaired) electrons. The van der Waals surface area contributed by atoms with Gasteiger partial charge in [0, 0.05) is 5.56 Å². The van der Waals surface area contributed by atoms with Crippen LogP contribution in [0.3, 0.4) is 0 Å². The summed E-state index contributed by atoms with van der Waals surface area (Å²) < 4.78 is 5.01. The first kappa shape index (κ1) is 16.9. The lowest BCUT2D eigenvalue weighted by Gasteiger charge is -2.37. The lowest BCUT2D eigenvalue weighted by Crippen LogP contribution is -2.40. The largest absolute Gasteiger partial charge is 0.502 e. The molecule has 5 aliphatic rings. The van der Waals surface area contributed by atoms with Crippen molar-refractivity contribution in [3.63, 3.8) is 0 Å². The maximum absolute atomic E-state index is 12.9. The molecule has 1 aliphatic heterocycles. The Morgan fingerprint density at radius 1 is 1.21 bits per heavy atom. The Kier molecular flexibility index (Phi) is 3.40. The maximum Gasteiger partial charge on any atom is 0.315 e. The summed E-state index contributed by atoms with van der Waals surface area (Å²) in [5, 5.41) is 26.1. The van der Waals surface area contributed by atoms with Crippen LogP contribution in [0.5, 0.6) is 11.5 Å². The zero-order chi connectivity index (χ0) is 19.7. The highest BCUT2D eigenvalue weighted by Gasteiger charge is 2.67. The Balaban J connectivity index is 1.47. The van der Waals surface area contributed by atoms with Crippen LogP contribution in [0.15, 0.2) is 29.4 Å². The number of hydrogen-bond acceptors (Lipinski definition) is 7. The van der Waals surface area contributed by atoms with Gasteiger partial charge in [-0.1, -0.05) is 12.2 Å². The average molecular weight is 383 g/mol. The predicted molar refractivity (Wildman–Crippen MR) is 95.5 cm³/mol. The van der Waals surface area contributed by atoms with Crippen LogP contribution in [0.25, 0.3) is 0 Å². The number of hydrogen-bond donors (Lipinski definition) is 1. The van der Waals surface area contributed by atoms with Crippen LogP contribution in [0.4, 0.5) is 5.69 Å². The summed E-state index contributed by atoms with van der Waals surface area (Å²) in [6, 6.07) is 2.44. The normalized spacial score (nSPS) is 34.7. The van der Waals surface area contributed by atoms with Crippen molar-refractivity contribution in [3.05, 3.63) is 40.0 Å². The summed E-state index contributed by atoms with van der Waals surface area (Å²) >= 11 is 0. The summed E-state index contributed by atoms with van der Waals surface area (Å²) in [5.41, 5.74) is -0.554. The van der Waals surface area contributed by atoms with E-state index < -0.39 is 16.4 Å². The molecular weight excluding hydrogens is 366 g/mol. The Hall–Kier alpha value is -3.23. The second-order valence-corrected chi connectivity index (χ2v) is 7.73. The Morgan fingerprint density at radius 2 is 1.82 bits per heavy atom. The minimum Gasteiger partial charge on any atom is -0.502 e. The number of phenolic OH excluding ortho intramolecular Hbond substituents is 1. The Labute approximate surface area is 159 Å². The highest BCUT2D eigenvalue weighted by atomic mass is 16.6. The zero-order valence-corrected chi connectivity index (χ0v) is 14.9. The van der Waals surface area contributed by atoms with Gasteiger partial charge in [0.25, 0.3) is 11.8 Å². The number of ether oxygens (including phenoxy) is 1. The van der Waals surface area contributed by atoms with E-state index in [1.165, 1.54) is 13.2 Å². The fourth-order valence-corrected chi connectivity index (χ4v) is 5.14. The zero-order valence-electron chi connectivity index (χ0n) is 14.9. The van der Waals surface area contributed by atoms with Gasteiger partial charge >= 0.3 is 5.69 Å². The number of allylic oxidation sites excluding steroid dienone is 2. The number of carbonyl (C=O) groups is 2. The quantitative estimate of drug-likeness (QED) is 0.278. The summed E-state index contributed by atoms with van der Waals surface area (Å²) in [6.45, 7) is 0. The smallest absolute Gasteiger partial charge is 0.315 e. The molecule has 9 nitrogen and oxygen atoms in total. The van der Waals surface area contributed by atoms with Gasteiger partial charge in [0.1, 0.15) is 5.75 Å². The number of hydrazone groups is 1. The first-order valence-electron chi connectivity index (χ1n) is 9.08. The Bertz CT molecular complexity index is 950. The first-order chi connectivity index (χ1) is 13.4. The molecule has 4 aliphatic carbocycles. The van der Waals surface area contributed by atoms with Gasteiger partial charge in [-0.2, -0.15) is 10.1 Å². The first-order valence-corrected chi connectivity index (χ1v) is 9.08. The summed E-state index contributed by atoms with van der Waals surface area (Å²) in [7, 11) is 1.34. The number of amides is 2. The maximum atomic E-state index is 12.9. The van der Waals surface area contributed by atoms with E-state index in [0.29, 0.717) is 11.8 Å². The van der Waals surface area contributed by atoms with Gasteiger partial charge in [-0.3, -0.25) is 19.7 Å². The van der Waals surface area contributed by atoms with E-state index in [1.54, 1.807) is 0 Å². The fourth-order valence-electron chi connectivity index (χ4n) is 5.14. The van der Waals surface area contributed by atoms with E-state index in [2.05, 4.69) is 17.3 Å². The van der Waals surface area contributed by atoms with Gasteiger partial charge < -0.3 is 9.84 Å². The molecule has 6 atom stereocenters. The molecule has 3 fully saturated rings. The van der Waals surface area contributed by atoms with Crippen molar-refractivity contribution in [3.8, 4) is 11.5 Å². The number of methoxy groups -OCH3 is 1. The number of imide groups is 1. The number of benzene rings is 1. The lowest BCUT2D eigenvalue weighted by molar-refractivity contribution is -0.385. The predicted octanol–water partition coefficient (Wildman–Crippen LogP) is 1.70. The topological polar surface area (TPSA) is 122 Å². The van der Waals surface area contributed by atoms with Crippen LogP contribution < -0.4 is 4.74 Å². The third kappa shape index (κ3) is 2.15. The molecule has 1 heterocycles. The van der Waals surface area contributed by atoms with Crippen molar-refractivity contribution in [1.82, 2.24) is 5.01 Å². The Morgan fingerprint density at radius 3 is 2.36 bits per heavy atom. The lowest BCUT2D eigenvalue weighted by atomic mass is 9.63. The van der Waals surface area contributed by atoms with Gasteiger partial charge in [-0.15, -0.1) is 0 Å². The minimum atomic E-state index is -0.744. The van der Waals surface area contributed by atoms with Crippen molar-refractivity contribution in [2.45, 2.75) is 6.42 Å². The molecule has 2 bridgehead atoms. The van der Waals surface area contributed by atoms with E-state index in [1.807, 2.05) is 0 Å². The summed E-state index contributed by atoms with van der Waals surface area (Å²) in [4.78, 5) is 36.1. The number of nitro benzene ring substituents is 1. The molecule has 1 aromatic rings. The number of nitrogens with zero attached hydrogens (tertiary/aromatic N) is 3. The van der Waals surface area contributed by atoms with Crippen LogP contribution >= 0.6 is 0 Å². The van der Waals surface area contributed by atoms with Gasteiger partial charge in [0.2, 0.25) is 5.75 Å². The molecule has 0 spiro atoms. The van der Waals surface area contributed by atoms with Gasteiger partial charge in [-0.25, -0.2) is 0 Å². The second kappa shape index (κ2) is 5.63. The highest BCUT2D eigenvalue weighted by Crippen LogP contribution is 2.65. The number of phenols is 1.